The molecule has 3 rings (SSSR count). The van der Waals surface area contributed by atoms with Crippen LogP contribution in [0.5, 0.6) is 0 Å². The van der Waals surface area contributed by atoms with Crippen LogP contribution in [0.3, 0.4) is 0 Å². The van der Waals surface area contributed by atoms with E-state index in [-0.39, 0.29) is 6.10 Å². The number of anilines is 2. The largest absolute Gasteiger partial charge is 0.393 e. The van der Waals surface area contributed by atoms with Crippen LogP contribution in [-0.2, 0) is 0 Å². The minimum absolute atomic E-state index is 0.130. The van der Waals surface area contributed by atoms with Gasteiger partial charge in [0.25, 0.3) is 0 Å². The lowest BCUT2D eigenvalue weighted by Gasteiger charge is -2.11. The predicted molar refractivity (Wildman–Crippen MR) is 84.2 cm³/mol. The molecule has 0 spiro atoms. The van der Waals surface area contributed by atoms with Crippen LogP contribution in [0, 0.1) is 12.8 Å². The Labute approximate surface area is 126 Å². The Balaban J connectivity index is 1.74. The van der Waals surface area contributed by atoms with E-state index in [0.29, 0.717) is 11.7 Å². The van der Waals surface area contributed by atoms with Crippen molar-refractivity contribution in [3.05, 3.63) is 11.1 Å². The molecule has 2 aromatic heterocycles. The highest BCUT2D eigenvalue weighted by Gasteiger charge is 2.23. The lowest BCUT2D eigenvalue weighted by molar-refractivity contribution is 0.178. The molecule has 2 atom stereocenters. The molecule has 1 saturated carbocycles. The van der Waals surface area contributed by atoms with Gasteiger partial charge in [0.15, 0.2) is 0 Å². The second kappa shape index (κ2) is 5.67. The van der Waals surface area contributed by atoms with Crippen LogP contribution < -0.4 is 11.1 Å². The summed E-state index contributed by atoms with van der Waals surface area (Å²) in [5.41, 5.74) is 7.90. The van der Waals surface area contributed by atoms with Crippen molar-refractivity contribution in [3.8, 4) is 10.6 Å². The first-order valence-electron chi connectivity index (χ1n) is 6.73. The number of rotatable bonds is 4. The summed E-state index contributed by atoms with van der Waals surface area (Å²) in [7, 11) is 0. The Bertz CT molecular complexity index is 595. The SMILES string of the molecule is Cc1csc(-c2c(N)nsc2NCC2CCC(O)C2)n1. The molecule has 1 fully saturated rings. The molecular weight excluding hydrogens is 292 g/mol. The number of nitrogens with two attached hydrogens (primary N) is 1. The molecule has 7 heteroatoms. The van der Waals surface area contributed by atoms with E-state index in [2.05, 4.69) is 14.7 Å². The van der Waals surface area contributed by atoms with E-state index in [1.807, 2.05) is 12.3 Å². The molecule has 108 valence electrons. The average molecular weight is 310 g/mol. The number of nitrogen functional groups attached to an aromatic ring is 1. The number of aryl methyl sites for hydroxylation is 1. The summed E-state index contributed by atoms with van der Waals surface area (Å²) in [4.78, 5) is 4.49. The number of hydrogen-bond acceptors (Lipinski definition) is 7. The number of aliphatic hydroxyl groups excluding tert-OH is 1. The average Bonchev–Trinajstić information content (AvgIpc) is 3.09. The Morgan fingerprint density at radius 2 is 2.35 bits per heavy atom. The lowest BCUT2D eigenvalue weighted by atomic mass is 10.1. The predicted octanol–water partition coefficient (Wildman–Crippen LogP) is 2.73. The van der Waals surface area contributed by atoms with Gasteiger partial charge in [-0.15, -0.1) is 11.3 Å². The first kappa shape index (κ1) is 13.8. The molecule has 0 aliphatic heterocycles. The highest BCUT2D eigenvalue weighted by molar-refractivity contribution is 7.15. The minimum atomic E-state index is -0.130. The molecule has 2 heterocycles. The van der Waals surface area contributed by atoms with Crippen LogP contribution in [0.15, 0.2) is 5.38 Å². The van der Waals surface area contributed by atoms with Crippen LogP contribution in [0.2, 0.25) is 0 Å². The molecule has 0 bridgehead atoms. The van der Waals surface area contributed by atoms with E-state index in [4.69, 9.17) is 5.73 Å². The first-order chi connectivity index (χ1) is 9.63. The molecule has 1 aliphatic rings. The number of nitrogens with zero attached hydrogens (tertiary/aromatic N) is 2. The van der Waals surface area contributed by atoms with Crippen molar-refractivity contribution in [2.75, 3.05) is 17.6 Å². The molecule has 5 nitrogen and oxygen atoms in total. The van der Waals surface area contributed by atoms with Gasteiger partial charge in [0.1, 0.15) is 15.8 Å². The zero-order chi connectivity index (χ0) is 14.1. The van der Waals surface area contributed by atoms with E-state index >= 15 is 0 Å². The van der Waals surface area contributed by atoms with Crippen molar-refractivity contribution in [1.82, 2.24) is 9.36 Å². The fourth-order valence-corrected chi connectivity index (χ4v) is 4.21. The Morgan fingerprint density at radius 1 is 1.50 bits per heavy atom. The third kappa shape index (κ3) is 2.79. The van der Waals surface area contributed by atoms with Crippen molar-refractivity contribution < 1.29 is 5.11 Å². The summed E-state index contributed by atoms with van der Waals surface area (Å²) < 4.78 is 4.24. The van der Waals surface area contributed by atoms with E-state index in [1.54, 1.807) is 11.3 Å². The van der Waals surface area contributed by atoms with Crippen molar-refractivity contribution in [2.24, 2.45) is 5.92 Å². The maximum Gasteiger partial charge on any atom is 0.149 e. The van der Waals surface area contributed by atoms with Crippen LogP contribution in [0.25, 0.3) is 10.6 Å². The Kier molecular flexibility index (Phi) is 3.91. The van der Waals surface area contributed by atoms with Crippen LogP contribution in [-0.4, -0.2) is 27.1 Å². The molecule has 20 heavy (non-hydrogen) atoms. The van der Waals surface area contributed by atoms with Crippen molar-refractivity contribution >= 4 is 33.7 Å². The summed E-state index contributed by atoms with van der Waals surface area (Å²) in [6.45, 7) is 2.83. The van der Waals surface area contributed by atoms with Gasteiger partial charge in [0, 0.05) is 17.6 Å². The van der Waals surface area contributed by atoms with Crippen LogP contribution in [0.1, 0.15) is 25.0 Å². The molecule has 2 unspecified atom stereocenters. The highest BCUT2D eigenvalue weighted by atomic mass is 32.1. The van der Waals surface area contributed by atoms with Gasteiger partial charge >= 0.3 is 0 Å². The number of hydrogen-bond donors (Lipinski definition) is 3. The minimum Gasteiger partial charge on any atom is -0.393 e. The van der Waals surface area contributed by atoms with Gasteiger partial charge in [-0.1, -0.05) is 0 Å². The zero-order valence-corrected chi connectivity index (χ0v) is 12.9. The van der Waals surface area contributed by atoms with Crippen molar-refractivity contribution in [3.63, 3.8) is 0 Å². The lowest BCUT2D eigenvalue weighted by Crippen LogP contribution is -2.12. The fraction of sp³-hybridized carbons (Fsp3) is 0.538. The van der Waals surface area contributed by atoms with Gasteiger partial charge < -0.3 is 16.2 Å². The van der Waals surface area contributed by atoms with Crippen molar-refractivity contribution in [1.29, 1.82) is 0 Å². The normalized spacial score (nSPS) is 22.3. The number of aliphatic hydroxyl groups is 1. The van der Waals surface area contributed by atoms with Gasteiger partial charge in [0.2, 0.25) is 0 Å². The molecule has 0 saturated heterocycles. The van der Waals surface area contributed by atoms with Gasteiger partial charge in [0.05, 0.1) is 11.7 Å². The van der Waals surface area contributed by atoms with Crippen LogP contribution >= 0.6 is 22.9 Å². The summed E-state index contributed by atoms with van der Waals surface area (Å²) in [6, 6.07) is 0. The third-order valence-electron chi connectivity index (χ3n) is 3.62. The smallest absolute Gasteiger partial charge is 0.149 e. The first-order valence-corrected chi connectivity index (χ1v) is 8.38. The Morgan fingerprint density at radius 3 is 3.00 bits per heavy atom. The van der Waals surface area contributed by atoms with Gasteiger partial charge in [-0.2, -0.15) is 4.37 Å². The molecule has 0 radical (unpaired) electrons. The van der Waals surface area contributed by atoms with E-state index < -0.39 is 0 Å². The second-order valence-electron chi connectivity index (χ2n) is 5.28. The van der Waals surface area contributed by atoms with Crippen molar-refractivity contribution in [2.45, 2.75) is 32.3 Å². The van der Waals surface area contributed by atoms with Crippen LogP contribution in [0.4, 0.5) is 10.8 Å². The maximum absolute atomic E-state index is 9.57. The zero-order valence-electron chi connectivity index (χ0n) is 11.3. The summed E-state index contributed by atoms with van der Waals surface area (Å²) in [5.74, 6) is 1.07. The summed E-state index contributed by atoms with van der Waals surface area (Å²) in [6.07, 6.45) is 2.74. The van der Waals surface area contributed by atoms with Gasteiger partial charge in [-0.3, -0.25) is 0 Å². The molecule has 0 aromatic carbocycles. The molecule has 2 aromatic rings. The number of thiazole rings is 1. The number of nitrogens with one attached hydrogen (secondary N) is 1. The van der Waals surface area contributed by atoms with E-state index in [9.17, 15) is 5.11 Å². The highest BCUT2D eigenvalue weighted by Crippen LogP contribution is 2.38. The molecular formula is C13H18N4OS2. The fourth-order valence-electron chi connectivity index (χ4n) is 2.57. The monoisotopic (exact) mass is 310 g/mol. The molecule has 4 N–H and O–H groups in total. The maximum atomic E-state index is 9.57. The Hall–Kier alpha value is -1.18. The molecule has 0 amide bonds. The summed E-state index contributed by atoms with van der Waals surface area (Å²) in [5, 5.41) is 16.9. The topological polar surface area (TPSA) is 84.1 Å². The van der Waals surface area contributed by atoms with E-state index in [0.717, 1.165) is 47.1 Å². The van der Waals surface area contributed by atoms with Gasteiger partial charge in [-0.05, 0) is 43.6 Å². The number of aromatic nitrogens is 2. The third-order valence-corrected chi connectivity index (χ3v) is 5.41. The standard InChI is InChI=1S/C13H18N4OS2/c1-7-6-19-13(16-7)10-11(14)17-20-12(10)15-5-8-2-3-9(18)4-8/h6,8-9,15,18H,2-5H2,1H3,(H2,14,17). The van der Waals surface area contributed by atoms with E-state index in [1.165, 1.54) is 11.5 Å². The quantitative estimate of drug-likeness (QED) is 0.808. The second-order valence-corrected chi connectivity index (χ2v) is 6.91. The summed E-state index contributed by atoms with van der Waals surface area (Å²) >= 11 is 2.97. The van der Waals surface area contributed by atoms with Gasteiger partial charge in [-0.25, -0.2) is 4.98 Å². The molecule has 1 aliphatic carbocycles.